The number of nitrogens with two attached hydrogens (primary N) is 1. The quantitative estimate of drug-likeness (QED) is 0.476. The molecule has 1 heterocycles. The molecule has 5 N–H and O–H groups in total. The summed E-state index contributed by atoms with van der Waals surface area (Å²) in [5.41, 5.74) is 6.55. The number of hydrogen-bond acceptors (Lipinski definition) is 5. The molecule has 0 aliphatic carbocycles. The topological polar surface area (TPSA) is 100 Å². The van der Waals surface area contributed by atoms with Crippen molar-refractivity contribution in [1.82, 2.24) is 10.3 Å². The molecular formula is C9H14N4O2. The molecule has 0 unspecified atom stereocenters. The van der Waals surface area contributed by atoms with Gasteiger partial charge in [0.2, 0.25) is 5.91 Å². The van der Waals surface area contributed by atoms with E-state index in [0.29, 0.717) is 17.9 Å². The molecule has 0 bridgehead atoms. The van der Waals surface area contributed by atoms with Crippen molar-refractivity contribution in [3.8, 4) is 0 Å². The summed E-state index contributed by atoms with van der Waals surface area (Å²) in [6.07, 6.45) is 3.02. The predicted octanol–water partition coefficient (Wildman–Crippen LogP) is -0.816. The second kappa shape index (κ2) is 5.94. The van der Waals surface area contributed by atoms with Gasteiger partial charge in [-0.3, -0.25) is 9.78 Å². The second-order valence-corrected chi connectivity index (χ2v) is 2.91. The van der Waals surface area contributed by atoms with Crippen LogP contribution in [0.15, 0.2) is 18.5 Å². The summed E-state index contributed by atoms with van der Waals surface area (Å²) in [5.74, 6) is -0.207. The molecule has 1 aromatic heterocycles. The number of aromatic nitrogens is 1. The number of carbonyl (C=O) groups is 1. The molecule has 82 valence electrons. The lowest BCUT2D eigenvalue weighted by molar-refractivity contribution is -0.115. The van der Waals surface area contributed by atoms with Crippen LogP contribution in [0.1, 0.15) is 0 Å². The Kier molecular flexibility index (Phi) is 4.52. The Hall–Kier alpha value is -1.66. The molecule has 1 rings (SSSR count). The number of nitrogen functional groups attached to an aromatic ring is 1. The zero-order chi connectivity index (χ0) is 11.1. The van der Waals surface area contributed by atoms with E-state index in [9.17, 15) is 4.79 Å². The SMILES string of the molecule is Nc1cnccc1NC(=O)CNCCO. The number of amides is 1. The van der Waals surface area contributed by atoms with E-state index in [1.807, 2.05) is 0 Å². The Labute approximate surface area is 87.5 Å². The summed E-state index contributed by atoms with van der Waals surface area (Å²) >= 11 is 0. The summed E-state index contributed by atoms with van der Waals surface area (Å²) < 4.78 is 0. The van der Waals surface area contributed by atoms with Gasteiger partial charge in [-0.05, 0) is 6.07 Å². The number of hydrogen-bond donors (Lipinski definition) is 4. The number of aliphatic hydroxyl groups is 1. The van der Waals surface area contributed by atoms with Crippen molar-refractivity contribution in [2.24, 2.45) is 0 Å². The van der Waals surface area contributed by atoms with Crippen molar-refractivity contribution < 1.29 is 9.90 Å². The van der Waals surface area contributed by atoms with E-state index in [-0.39, 0.29) is 19.1 Å². The van der Waals surface area contributed by atoms with Crippen LogP contribution in [0.5, 0.6) is 0 Å². The fraction of sp³-hybridized carbons (Fsp3) is 0.333. The van der Waals surface area contributed by atoms with Gasteiger partial charge in [-0.25, -0.2) is 0 Å². The van der Waals surface area contributed by atoms with Gasteiger partial charge in [-0.1, -0.05) is 0 Å². The van der Waals surface area contributed by atoms with Gasteiger partial charge in [0.15, 0.2) is 0 Å². The molecule has 0 saturated heterocycles. The lowest BCUT2D eigenvalue weighted by Gasteiger charge is -2.07. The van der Waals surface area contributed by atoms with E-state index < -0.39 is 0 Å². The maximum absolute atomic E-state index is 11.3. The van der Waals surface area contributed by atoms with Gasteiger partial charge in [0.25, 0.3) is 0 Å². The number of nitrogens with zero attached hydrogens (tertiary/aromatic N) is 1. The molecular weight excluding hydrogens is 196 g/mol. The highest BCUT2D eigenvalue weighted by Crippen LogP contribution is 2.14. The Morgan fingerprint density at radius 3 is 3.07 bits per heavy atom. The standard InChI is InChI=1S/C9H14N4O2/c10-7-5-11-2-1-8(7)13-9(15)6-12-3-4-14/h1-2,5,12,14H,3-4,6,10H2,(H,11,13,15). The fourth-order valence-electron chi connectivity index (χ4n) is 0.996. The number of aliphatic hydroxyl groups excluding tert-OH is 1. The maximum atomic E-state index is 11.3. The van der Waals surface area contributed by atoms with E-state index in [1.54, 1.807) is 12.3 Å². The minimum Gasteiger partial charge on any atom is -0.396 e. The van der Waals surface area contributed by atoms with Crippen LogP contribution in [0.2, 0.25) is 0 Å². The number of carbonyl (C=O) groups excluding carboxylic acids is 1. The van der Waals surface area contributed by atoms with Crippen molar-refractivity contribution >= 4 is 17.3 Å². The van der Waals surface area contributed by atoms with Crippen LogP contribution in [0.25, 0.3) is 0 Å². The van der Waals surface area contributed by atoms with Crippen molar-refractivity contribution in [3.63, 3.8) is 0 Å². The van der Waals surface area contributed by atoms with E-state index in [2.05, 4.69) is 15.6 Å². The number of rotatable bonds is 5. The van der Waals surface area contributed by atoms with Crippen LogP contribution in [0.4, 0.5) is 11.4 Å². The summed E-state index contributed by atoms with van der Waals surface area (Å²) in [5, 5.41) is 13.9. The van der Waals surface area contributed by atoms with Gasteiger partial charge in [-0.2, -0.15) is 0 Å². The lowest BCUT2D eigenvalue weighted by Crippen LogP contribution is -2.30. The van der Waals surface area contributed by atoms with Gasteiger partial charge in [0, 0.05) is 12.7 Å². The third-order valence-electron chi connectivity index (χ3n) is 1.70. The van der Waals surface area contributed by atoms with Crippen molar-refractivity contribution in [1.29, 1.82) is 0 Å². The first-order valence-corrected chi connectivity index (χ1v) is 4.55. The summed E-state index contributed by atoms with van der Waals surface area (Å²) in [6.45, 7) is 0.534. The summed E-state index contributed by atoms with van der Waals surface area (Å²) in [7, 11) is 0. The first-order chi connectivity index (χ1) is 7.24. The number of anilines is 2. The summed E-state index contributed by atoms with van der Waals surface area (Å²) in [4.78, 5) is 15.1. The van der Waals surface area contributed by atoms with E-state index in [1.165, 1.54) is 6.20 Å². The summed E-state index contributed by atoms with van der Waals surface area (Å²) in [6, 6.07) is 1.62. The van der Waals surface area contributed by atoms with Gasteiger partial charge < -0.3 is 21.5 Å². The van der Waals surface area contributed by atoms with Crippen LogP contribution in [0.3, 0.4) is 0 Å². The largest absolute Gasteiger partial charge is 0.396 e. The number of nitrogens with one attached hydrogen (secondary N) is 2. The molecule has 6 nitrogen and oxygen atoms in total. The van der Waals surface area contributed by atoms with Gasteiger partial charge >= 0.3 is 0 Å². The van der Waals surface area contributed by atoms with E-state index in [4.69, 9.17) is 10.8 Å². The van der Waals surface area contributed by atoms with Crippen LogP contribution in [-0.4, -0.2) is 35.7 Å². The molecule has 0 aliphatic heterocycles. The Morgan fingerprint density at radius 2 is 2.40 bits per heavy atom. The average Bonchev–Trinajstić information content (AvgIpc) is 2.22. The molecule has 1 amide bonds. The highest BCUT2D eigenvalue weighted by Gasteiger charge is 2.03. The molecule has 0 radical (unpaired) electrons. The lowest BCUT2D eigenvalue weighted by atomic mass is 10.3. The number of pyridine rings is 1. The van der Waals surface area contributed by atoms with Crippen LogP contribution >= 0.6 is 0 Å². The minimum absolute atomic E-state index is 0.00464. The predicted molar refractivity (Wildman–Crippen MR) is 57.2 cm³/mol. The van der Waals surface area contributed by atoms with Crippen molar-refractivity contribution in [2.75, 3.05) is 30.7 Å². The highest BCUT2D eigenvalue weighted by atomic mass is 16.3. The first-order valence-electron chi connectivity index (χ1n) is 4.55. The van der Waals surface area contributed by atoms with Gasteiger partial charge in [0.05, 0.1) is 30.7 Å². The Bertz CT molecular complexity index is 330. The average molecular weight is 210 g/mol. The van der Waals surface area contributed by atoms with E-state index >= 15 is 0 Å². The third kappa shape index (κ3) is 3.92. The zero-order valence-electron chi connectivity index (χ0n) is 8.23. The van der Waals surface area contributed by atoms with Crippen molar-refractivity contribution in [2.45, 2.75) is 0 Å². The van der Waals surface area contributed by atoms with Crippen LogP contribution in [0, 0.1) is 0 Å². The molecule has 0 atom stereocenters. The second-order valence-electron chi connectivity index (χ2n) is 2.91. The van der Waals surface area contributed by atoms with Crippen molar-refractivity contribution in [3.05, 3.63) is 18.5 Å². The highest BCUT2D eigenvalue weighted by molar-refractivity contribution is 5.94. The molecule has 0 saturated carbocycles. The Morgan fingerprint density at radius 1 is 1.60 bits per heavy atom. The molecule has 0 aliphatic rings. The first kappa shape index (κ1) is 11.4. The molecule has 0 fully saturated rings. The van der Waals surface area contributed by atoms with E-state index in [0.717, 1.165) is 0 Å². The Balaban J connectivity index is 2.41. The fourth-order valence-corrected chi connectivity index (χ4v) is 0.996. The molecule has 0 aromatic carbocycles. The molecule has 6 heteroatoms. The zero-order valence-corrected chi connectivity index (χ0v) is 8.23. The van der Waals surface area contributed by atoms with Crippen LogP contribution < -0.4 is 16.4 Å². The molecule has 1 aromatic rings. The normalized spacial score (nSPS) is 9.93. The minimum atomic E-state index is -0.207. The third-order valence-corrected chi connectivity index (χ3v) is 1.70. The van der Waals surface area contributed by atoms with Crippen LogP contribution in [-0.2, 0) is 4.79 Å². The van der Waals surface area contributed by atoms with Gasteiger partial charge in [0.1, 0.15) is 0 Å². The molecule has 0 spiro atoms. The maximum Gasteiger partial charge on any atom is 0.238 e. The van der Waals surface area contributed by atoms with Gasteiger partial charge in [-0.15, -0.1) is 0 Å². The smallest absolute Gasteiger partial charge is 0.238 e. The monoisotopic (exact) mass is 210 g/mol. The molecule has 15 heavy (non-hydrogen) atoms.